The average Bonchev–Trinajstić information content (AvgIpc) is 2.74. The van der Waals surface area contributed by atoms with E-state index >= 15 is 0 Å². The van der Waals surface area contributed by atoms with Crippen molar-refractivity contribution in [2.24, 2.45) is 17.3 Å². The van der Waals surface area contributed by atoms with E-state index in [4.69, 9.17) is 0 Å². The second kappa shape index (κ2) is 4.11. The molecule has 2 N–H and O–H groups in total. The minimum Gasteiger partial charge on any atom is -0.508 e. The summed E-state index contributed by atoms with van der Waals surface area (Å²) in [6.07, 6.45) is 8.50. The molecule has 20 heavy (non-hydrogen) atoms. The van der Waals surface area contributed by atoms with E-state index in [0.29, 0.717) is 23.5 Å². The molecule has 1 fully saturated rings. The van der Waals surface area contributed by atoms with Crippen LogP contribution in [0.3, 0.4) is 0 Å². The maximum atomic E-state index is 10.3. The summed E-state index contributed by atoms with van der Waals surface area (Å²) in [6, 6.07) is 5.90. The smallest absolute Gasteiger partial charge is 0.115 e. The van der Waals surface area contributed by atoms with E-state index in [9.17, 15) is 10.2 Å². The van der Waals surface area contributed by atoms with Crippen LogP contribution >= 0.6 is 0 Å². The van der Waals surface area contributed by atoms with E-state index in [1.807, 2.05) is 18.2 Å². The van der Waals surface area contributed by atoms with Crippen molar-refractivity contribution >= 4 is 0 Å². The summed E-state index contributed by atoms with van der Waals surface area (Å²) in [7, 11) is 0. The summed E-state index contributed by atoms with van der Waals surface area (Å²) in [6.45, 7) is 2.25. The monoisotopic (exact) mass is 270 g/mol. The van der Waals surface area contributed by atoms with Crippen LogP contribution in [0.15, 0.2) is 30.4 Å². The first kappa shape index (κ1) is 12.5. The van der Waals surface area contributed by atoms with Crippen molar-refractivity contribution < 1.29 is 10.2 Å². The summed E-state index contributed by atoms with van der Waals surface area (Å²) in [5.41, 5.74) is 2.82. The maximum Gasteiger partial charge on any atom is 0.115 e. The Morgan fingerprint density at radius 1 is 1.20 bits per heavy atom. The summed E-state index contributed by atoms with van der Waals surface area (Å²) in [5, 5.41) is 20.0. The quantitative estimate of drug-likeness (QED) is 0.709. The number of allylic oxidation sites excluding steroid dienone is 1. The Hall–Kier alpha value is -1.28. The molecule has 2 nitrogen and oxygen atoms in total. The van der Waals surface area contributed by atoms with Crippen LogP contribution in [0.1, 0.15) is 43.2 Å². The first-order chi connectivity index (χ1) is 9.59. The second-order valence-electron chi connectivity index (χ2n) is 7.09. The van der Waals surface area contributed by atoms with Crippen molar-refractivity contribution in [3.05, 3.63) is 41.5 Å². The minimum absolute atomic E-state index is 0.0512. The number of phenols is 1. The highest BCUT2D eigenvalue weighted by Gasteiger charge is 2.52. The van der Waals surface area contributed by atoms with Gasteiger partial charge in [0.05, 0.1) is 6.10 Å². The maximum absolute atomic E-state index is 10.3. The van der Waals surface area contributed by atoms with E-state index in [2.05, 4.69) is 19.1 Å². The Bertz CT molecular complexity index is 577. The summed E-state index contributed by atoms with van der Waals surface area (Å²) < 4.78 is 0. The van der Waals surface area contributed by atoms with Gasteiger partial charge >= 0.3 is 0 Å². The Morgan fingerprint density at radius 3 is 2.90 bits per heavy atom. The van der Waals surface area contributed by atoms with Gasteiger partial charge in [-0.25, -0.2) is 0 Å². The van der Waals surface area contributed by atoms with Crippen LogP contribution in [0.5, 0.6) is 5.75 Å². The van der Waals surface area contributed by atoms with Crippen molar-refractivity contribution in [3.63, 3.8) is 0 Å². The molecule has 4 rings (SSSR count). The van der Waals surface area contributed by atoms with Crippen molar-refractivity contribution in [2.45, 2.75) is 44.6 Å². The fraction of sp³-hybridized carbons (Fsp3) is 0.556. The van der Waals surface area contributed by atoms with Gasteiger partial charge in [-0.15, -0.1) is 0 Å². The fourth-order valence-electron chi connectivity index (χ4n) is 5.00. The number of hydrogen-bond donors (Lipinski definition) is 2. The lowest BCUT2D eigenvalue weighted by molar-refractivity contribution is -0.0101. The molecule has 3 aliphatic rings. The molecule has 0 spiro atoms. The number of aromatic hydroxyl groups is 1. The molecule has 0 amide bonds. The van der Waals surface area contributed by atoms with Crippen molar-refractivity contribution in [3.8, 4) is 5.75 Å². The molecule has 0 aliphatic heterocycles. The molecular weight excluding hydrogens is 248 g/mol. The zero-order valence-corrected chi connectivity index (χ0v) is 11.9. The SMILES string of the molecule is C[C@]12CC[C@@H]3c4ccc(O)cc4CC[C@H]3C1C=C[C@@H]2O. The van der Waals surface area contributed by atoms with Gasteiger partial charge in [0.25, 0.3) is 0 Å². The summed E-state index contributed by atoms with van der Waals surface area (Å²) >= 11 is 0. The van der Waals surface area contributed by atoms with Crippen molar-refractivity contribution in [2.75, 3.05) is 0 Å². The lowest BCUT2D eigenvalue weighted by Gasteiger charge is -2.50. The van der Waals surface area contributed by atoms with Crippen molar-refractivity contribution in [1.82, 2.24) is 0 Å². The van der Waals surface area contributed by atoms with Crippen LogP contribution in [-0.2, 0) is 6.42 Å². The van der Waals surface area contributed by atoms with E-state index in [0.717, 1.165) is 19.3 Å². The number of aliphatic hydroxyl groups is 1. The molecule has 106 valence electrons. The van der Waals surface area contributed by atoms with Crippen LogP contribution in [0.2, 0.25) is 0 Å². The Morgan fingerprint density at radius 2 is 2.05 bits per heavy atom. The third kappa shape index (κ3) is 1.54. The van der Waals surface area contributed by atoms with Crippen LogP contribution in [-0.4, -0.2) is 16.3 Å². The topological polar surface area (TPSA) is 40.5 Å². The van der Waals surface area contributed by atoms with E-state index in [1.165, 1.54) is 17.5 Å². The number of fused-ring (bicyclic) bond motifs is 5. The first-order valence-electron chi connectivity index (χ1n) is 7.78. The molecule has 0 radical (unpaired) electrons. The molecule has 1 aromatic rings. The van der Waals surface area contributed by atoms with Crippen LogP contribution < -0.4 is 0 Å². The largest absolute Gasteiger partial charge is 0.508 e. The standard InChI is InChI=1S/C18H22O2/c1-18-9-8-14-13-5-3-12(19)10-11(13)2-4-15(14)16(18)6-7-17(18)20/h3,5-7,10,14-17,19-20H,2,4,8-9H2,1H3/t14-,15-,16?,17+,18+/m1/s1. The van der Waals surface area contributed by atoms with Gasteiger partial charge in [0, 0.05) is 5.41 Å². The lowest BCUT2D eigenvalue weighted by atomic mass is 9.55. The summed E-state index contributed by atoms with van der Waals surface area (Å²) in [4.78, 5) is 0. The minimum atomic E-state index is -0.269. The fourth-order valence-corrected chi connectivity index (χ4v) is 5.00. The molecular formula is C18H22O2. The van der Waals surface area contributed by atoms with Gasteiger partial charge in [-0.3, -0.25) is 0 Å². The summed E-state index contributed by atoms with van der Waals surface area (Å²) in [5.74, 6) is 2.16. The van der Waals surface area contributed by atoms with Crippen LogP contribution in [0, 0.1) is 17.3 Å². The third-order valence-electron chi connectivity index (χ3n) is 6.18. The third-order valence-corrected chi connectivity index (χ3v) is 6.18. The molecule has 1 unspecified atom stereocenters. The van der Waals surface area contributed by atoms with Gasteiger partial charge in [0.15, 0.2) is 0 Å². The average molecular weight is 270 g/mol. The zero-order chi connectivity index (χ0) is 13.9. The van der Waals surface area contributed by atoms with Gasteiger partial charge < -0.3 is 10.2 Å². The molecule has 5 atom stereocenters. The van der Waals surface area contributed by atoms with Crippen LogP contribution in [0.4, 0.5) is 0 Å². The zero-order valence-electron chi connectivity index (χ0n) is 11.9. The normalized spacial score (nSPS) is 41.9. The van der Waals surface area contributed by atoms with Gasteiger partial charge in [0.2, 0.25) is 0 Å². The van der Waals surface area contributed by atoms with Crippen LogP contribution in [0.25, 0.3) is 0 Å². The molecule has 1 aromatic carbocycles. The number of hydrogen-bond acceptors (Lipinski definition) is 2. The molecule has 0 saturated heterocycles. The second-order valence-corrected chi connectivity index (χ2v) is 7.09. The predicted octanol–water partition coefficient (Wildman–Crippen LogP) is 3.39. The molecule has 2 heteroatoms. The van der Waals surface area contributed by atoms with Gasteiger partial charge in [-0.05, 0) is 66.7 Å². The van der Waals surface area contributed by atoms with Gasteiger partial charge in [-0.2, -0.15) is 0 Å². The van der Waals surface area contributed by atoms with E-state index in [1.54, 1.807) is 0 Å². The molecule has 0 bridgehead atoms. The number of benzene rings is 1. The number of phenolic OH excluding ortho intramolecular Hbond substituents is 1. The Balaban J connectivity index is 1.73. The van der Waals surface area contributed by atoms with Crippen molar-refractivity contribution in [1.29, 1.82) is 0 Å². The van der Waals surface area contributed by atoms with E-state index < -0.39 is 0 Å². The molecule has 0 heterocycles. The van der Waals surface area contributed by atoms with Gasteiger partial charge in [-0.1, -0.05) is 25.1 Å². The van der Waals surface area contributed by atoms with E-state index in [-0.39, 0.29) is 11.5 Å². The van der Waals surface area contributed by atoms with Gasteiger partial charge in [0.1, 0.15) is 5.75 Å². The highest BCUT2D eigenvalue weighted by molar-refractivity contribution is 5.40. The molecule has 1 saturated carbocycles. The highest BCUT2D eigenvalue weighted by Crippen LogP contribution is 2.58. The Kier molecular flexibility index (Phi) is 2.56. The lowest BCUT2D eigenvalue weighted by Crippen LogP contribution is -2.44. The first-order valence-corrected chi connectivity index (χ1v) is 7.78. The molecule has 3 aliphatic carbocycles. The highest BCUT2D eigenvalue weighted by atomic mass is 16.3. The number of aryl methyl sites for hydroxylation is 1. The Labute approximate surface area is 120 Å². The predicted molar refractivity (Wildman–Crippen MR) is 78.6 cm³/mol. The molecule has 0 aromatic heterocycles. The number of aliphatic hydroxyl groups excluding tert-OH is 1. The number of rotatable bonds is 0.